The van der Waals surface area contributed by atoms with Gasteiger partial charge in [-0.3, -0.25) is 9.78 Å². The number of hydrogen-bond acceptors (Lipinski definition) is 4. The molecule has 5 rings (SSSR count). The molecular formula is C19H18F3N3O2. The van der Waals surface area contributed by atoms with E-state index in [9.17, 15) is 18.0 Å². The normalized spacial score (nSPS) is 24.6. The van der Waals surface area contributed by atoms with Gasteiger partial charge in [0.15, 0.2) is 0 Å². The third-order valence-corrected chi connectivity index (χ3v) is 5.12. The van der Waals surface area contributed by atoms with E-state index in [0.717, 1.165) is 37.2 Å². The number of carbonyl (C=O) groups excluding carboxylic acids is 1. The number of nitrogens with one attached hydrogen (secondary N) is 2. The molecule has 3 aliphatic heterocycles. The zero-order valence-corrected chi connectivity index (χ0v) is 14.3. The van der Waals surface area contributed by atoms with E-state index in [-0.39, 0.29) is 11.2 Å². The lowest BCUT2D eigenvalue weighted by Crippen LogP contribution is -2.57. The zero-order valence-electron chi connectivity index (χ0n) is 14.3. The van der Waals surface area contributed by atoms with Crippen molar-refractivity contribution in [2.24, 2.45) is 0 Å². The highest BCUT2D eigenvalue weighted by molar-refractivity contribution is 6.04. The monoisotopic (exact) mass is 377 g/mol. The van der Waals surface area contributed by atoms with Crippen LogP contribution in [0.2, 0.25) is 0 Å². The van der Waals surface area contributed by atoms with Crippen molar-refractivity contribution in [3.63, 3.8) is 0 Å². The minimum atomic E-state index is -4.59. The second kappa shape index (κ2) is 6.61. The Morgan fingerprint density at radius 3 is 2.63 bits per heavy atom. The van der Waals surface area contributed by atoms with Crippen LogP contribution < -0.4 is 10.6 Å². The number of anilines is 1. The average Bonchev–Trinajstić information content (AvgIpc) is 2.69. The lowest BCUT2D eigenvalue weighted by atomic mass is 9.81. The SMILES string of the molecule is O=C(Nc1ccc(C23CCC(CO2)NC3)cc1)c1ccnc(C(F)(F)F)c1. The van der Waals surface area contributed by atoms with Gasteiger partial charge in [-0.1, -0.05) is 12.1 Å². The van der Waals surface area contributed by atoms with Crippen molar-refractivity contribution in [1.82, 2.24) is 10.3 Å². The molecule has 27 heavy (non-hydrogen) atoms. The van der Waals surface area contributed by atoms with Crippen LogP contribution >= 0.6 is 0 Å². The van der Waals surface area contributed by atoms with Gasteiger partial charge in [0.05, 0.1) is 6.61 Å². The van der Waals surface area contributed by atoms with Crippen molar-refractivity contribution in [1.29, 1.82) is 0 Å². The van der Waals surface area contributed by atoms with Crippen molar-refractivity contribution >= 4 is 11.6 Å². The second-order valence-corrected chi connectivity index (χ2v) is 6.88. The highest BCUT2D eigenvalue weighted by Gasteiger charge is 2.42. The second-order valence-electron chi connectivity index (χ2n) is 6.88. The molecule has 1 amide bonds. The van der Waals surface area contributed by atoms with Crippen molar-refractivity contribution in [2.75, 3.05) is 18.5 Å². The molecule has 4 heterocycles. The first kappa shape index (κ1) is 17.9. The summed E-state index contributed by atoms with van der Waals surface area (Å²) in [5.41, 5.74) is -0.0121. The fourth-order valence-electron chi connectivity index (χ4n) is 3.55. The molecule has 1 aromatic heterocycles. The Hall–Kier alpha value is -2.45. The van der Waals surface area contributed by atoms with Crippen LogP contribution in [0.25, 0.3) is 0 Å². The maximum absolute atomic E-state index is 12.7. The van der Waals surface area contributed by atoms with E-state index in [1.807, 2.05) is 12.1 Å². The molecule has 0 aliphatic carbocycles. The Bertz CT molecular complexity index is 830. The van der Waals surface area contributed by atoms with E-state index in [4.69, 9.17) is 4.74 Å². The highest BCUT2D eigenvalue weighted by atomic mass is 19.4. The molecule has 0 radical (unpaired) electrons. The predicted octanol–water partition coefficient (Wildman–Crippen LogP) is 3.33. The number of piperidine rings is 1. The number of carbonyl (C=O) groups is 1. The number of nitrogens with zero attached hydrogens (tertiary/aromatic N) is 1. The number of rotatable bonds is 3. The van der Waals surface area contributed by atoms with Crippen LogP contribution in [-0.2, 0) is 16.5 Å². The van der Waals surface area contributed by atoms with E-state index in [1.165, 1.54) is 6.07 Å². The number of fused-ring (bicyclic) bond motifs is 3. The largest absolute Gasteiger partial charge is 0.433 e. The number of morpholine rings is 1. The fraction of sp³-hybridized carbons (Fsp3) is 0.368. The number of pyridine rings is 1. The van der Waals surface area contributed by atoms with Crippen molar-refractivity contribution in [2.45, 2.75) is 30.7 Å². The molecule has 2 atom stereocenters. The Kier molecular flexibility index (Phi) is 4.39. The van der Waals surface area contributed by atoms with Crippen LogP contribution in [0.3, 0.4) is 0 Å². The summed E-state index contributed by atoms with van der Waals surface area (Å²) in [5.74, 6) is -0.620. The first-order chi connectivity index (χ1) is 12.9. The molecule has 3 fully saturated rings. The average molecular weight is 377 g/mol. The molecule has 5 nitrogen and oxygen atoms in total. The van der Waals surface area contributed by atoms with Gasteiger partial charge in [0.2, 0.25) is 0 Å². The third kappa shape index (κ3) is 3.54. The minimum absolute atomic E-state index is 0.0990. The molecule has 2 aromatic rings. The number of ether oxygens (including phenoxy) is 1. The highest BCUT2D eigenvalue weighted by Crippen LogP contribution is 2.38. The van der Waals surface area contributed by atoms with Gasteiger partial charge >= 0.3 is 6.18 Å². The van der Waals surface area contributed by atoms with E-state index in [1.54, 1.807) is 12.1 Å². The summed E-state index contributed by atoms with van der Waals surface area (Å²) in [4.78, 5) is 15.5. The van der Waals surface area contributed by atoms with E-state index >= 15 is 0 Å². The molecule has 3 saturated heterocycles. The summed E-state index contributed by atoms with van der Waals surface area (Å²) >= 11 is 0. The van der Waals surface area contributed by atoms with Crippen LogP contribution in [0.4, 0.5) is 18.9 Å². The van der Waals surface area contributed by atoms with E-state index in [2.05, 4.69) is 15.6 Å². The minimum Gasteiger partial charge on any atom is -0.367 e. The predicted molar refractivity (Wildman–Crippen MR) is 92.3 cm³/mol. The maximum atomic E-state index is 12.7. The van der Waals surface area contributed by atoms with Gasteiger partial charge in [0, 0.05) is 30.0 Å². The molecule has 0 saturated carbocycles. The first-order valence-electron chi connectivity index (χ1n) is 8.68. The number of alkyl halides is 3. The molecule has 2 bridgehead atoms. The van der Waals surface area contributed by atoms with Gasteiger partial charge in [-0.05, 0) is 42.7 Å². The lowest BCUT2D eigenvalue weighted by Gasteiger charge is -2.47. The van der Waals surface area contributed by atoms with Gasteiger partial charge in [-0.2, -0.15) is 13.2 Å². The number of halogens is 3. The van der Waals surface area contributed by atoms with Gasteiger partial charge in [-0.25, -0.2) is 0 Å². The number of amides is 1. The van der Waals surface area contributed by atoms with Crippen LogP contribution in [0.5, 0.6) is 0 Å². The summed E-state index contributed by atoms with van der Waals surface area (Å²) < 4.78 is 44.2. The van der Waals surface area contributed by atoms with Crippen molar-refractivity contribution < 1.29 is 22.7 Å². The zero-order chi connectivity index (χ0) is 19.1. The van der Waals surface area contributed by atoms with E-state index in [0.29, 0.717) is 18.3 Å². The van der Waals surface area contributed by atoms with Crippen molar-refractivity contribution in [3.05, 3.63) is 59.4 Å². The molecular weight excluding hydrogens is 359 g/mol. The van der Waals surface area contributed by atoms with Crippen LogP contribution in [-0.4, -0.2) is 30.1 Å². The van der Waals surface area contributed by atoms with E-state index < -0.39 is 17.8 Å². The van der Waals surface area contributed by atoms with Gasteiger partial charge in [-0.15, -0.1) is 0 Å². The lowest BCUT2D eigenvalue weighted by molar-refractivity contribution is -0.141. The summed E-state index contributed by atoms with van der Waals surface area (Å²) in [6.07, 6.45) is -1.62. The Balaban J connectivity index is 1.48. The van der Waals surface area contributed by atoms with Gasteiger partial charge in [0.1, 0.15) is 11.3 Å². The number of hydrogen-bond donors (Lipinski definition) is 2. The van der Waals surface area contributed by atoms with Gasteiger partial charge in [0.25, 0.3) is 5.91 Å². The summed E-state index contributed by atoms with van der Waals surface area (Å²) in [6.45, 7) is 1.43. The number of benzene rings is 1. The maximum Gasteiger partial charge on any atom is 0.433 e. The molecule has 8 heteroatoms. The van der Waals surface area contributed by atoms with Crippen molar-refractivity contribution in [3.8, 4) is 0 Å². The Morgan fingerprint density at radius 1 is 1.26 bits per heavy atom. The standard InChI is InChI=1S/C19H18F3N3O2/c20-19(21,22)16-9-12(6-8-23-16)17(26)25-14-3-1-13(2-4-14)18-7-5-15(10-27-18)24-11-18/h1-4,6,8-9,15,24H,5,7,10-11H2,(H,25,26). The Morgan fingerprint density at radius 2 is 2.04 bits per heavy atom. The Labute approximate surface area is 153 Å². The molecule has 2 N–H and O–H groups in total. The summed E-state index contributed by atoms with van der Waals surface area (Å²) in [7, 11) is 0. The molecule has 2 unspecified atom stereocenters. The first-order valence-corrected chi connectivity index (χ1v) is 8.68. The molecule has 1 aromatic carbocycles. The smallest absolute Gasteiger partial charge is 0.367 e. The molecule has 0 spiro atoms. The molecule has 3 aliphatic rings. The topological polar surface area (TPSA) is 63.2 Å². The third-order valence-electron chi connectivity index (χ3n) is 5.12. The summed E-state index contributed by atoms with van der Waals surface area (Å²) in [5, 5.41) is 6.07. The number of aromatic nitrogens is 1. The quantitative estimate of drug-likeness (QED) is 0.861. The molecule has 142 valence electrons. The van der Waals surface area contributed by atoms with Crippen LogP contribution in [0.1, 0.15) is 34.5 Å². The fourth-order valence-corrected chi connectivity index (χ4v) is 3.55. The van der Waals surface area contributed by atoms with Crippen LogP contribution in [0.15, 0.2) is 42.6 Å². The summed E-state index contributed by atoms with van der Waals surface area (Å²) in [6, 6.07) is 9.65. The van der Waals surface area contributed by atoms with Crippen LogP contribution in [0, 0.1) is 0 Å². The van der Waals surface area contributed by atoms with Gasteiger partial charge < -0.3 is 15.4 Å².